The fraction of sp³-hybridized carbons (Fsp3) is 0.258. The van der Waals surface area contributed by atoms with Gasteiger partial charge in [-0.1, -0.05) is 47.6 Å². The van der Waals surface area contributed by atoms with Crippen LogP contribution in [0.25, 0.3) is 26.5 Å². The summed E-state index contributed by atoms with van der Waals surface area (Å²) in [6, 6.07) is 16.1. The van der Waals surface area contributed by atoms with Gasteiger partial charge in [-0.15, -0.1) is 11.3 Å². The number of nitrogens with one attached hydrogen (secondary N) is 1. The minimum atomic E-state index is -0.705. The molecule has 44 heavy (non-hydrogen) atoms. The number of pyridine rings is 1. The number of nitrogens with zero attached hydrogens (tertiary/aromatic N) is 4. The number of esters is 1. The van der Waals surface area contributed by atoms with Gasteiger partial charge < -0.3 is 26.3 Å². The largest absolute Gasteiger partial charge is 0.490 e. The Balaban J connectivity index is 1.48. The van der Waals surface area contributed by atoms with Gasteiger partial charge in [-0.25, -0.2) is 14.8 Å². The standard InChI is InChI=1S/C31H30ClN7O3S2/c1-36-27-26(19-7-11-23(12-8-19)41-14-15-42-31(40)25(35)4-3-13-33)24(16-34)30(39-28(27)37-2)44-18-22-17-43-29(38-22)20-5-9-21(32)10-6-20/h5-12,17,25H,3-4,13-15,18,33,35H2,2H3,(H,37,39)/t25-/m0/s1. The van der Waals surface area contributed by atoms with E-state index in [2.05, 4.69) is 21.2 Å². The Morgan fingerprint density at radius 3 is 2.57 bits per heavy atom. The second-order valence-corrected chi connectivity index (χ2v) is 11.6. The molecular weight excluding hydrogens is 618 g/mol. The number of aromatic nitrogens is 2. The number of halogens is 1. The highest BCUT2D eigenvalue weighted by Gasteiger charge is 2.22. The van der Waals surface area contributed by atoms with Crippen molar-refractivity contribution in [3.63, 3.8) is 0 Å². The first kappa shape index (κ1) is 32.7. The molecule has 0 aliphatic carbocycles. The Hall–Kier alpha value is -4.17. The van der Waals surface area contributed by atoms with E-state index < -0.39 is 12.0 Å². The summed E-state index contributed by atoms with van der Waals surface area (Å²) < 4.78 is 10.9. The highest BCUT2D eigenvalue weighted by Crippen LogP contribution is 2.43. The number of benzene rings is 2. The lowest BCUT2D eigenvalue weighted by atomic mass is 10.00. The summed E-state index contributed by atoms with van der Waals surface area (Å²) in [5, 5.41) is 17.2. The molecule has 13 heteroatoms. The van der Waals surface area contributed by atoms with E-state index in [9.17, 15) is 10.1 Å². The number of carbonyl (C=O) groups excluding carboxylic acids is 1. The van der Waals surface area contributed by atoms with E-state index in [0.29, 0.717) is 63.4 Å². The molecule has 0 fully saturated rings. The fourth-order valence-corrected chi connectivity index (χ4v) is 6.09. The quantitative estimate of drug-likeness (QED) is 0.0617. The fourth-order valence-electron chi connectivity index (χ4n) is 4.15. The molecule has 0 amide bonds. The zero-order chi connectivity index (χ0) is 31.5. The van der Waals surface area contributed by atoms with Gasteiger partial charge in [0.15, 0.2) is 0 Å². The lowest BCUT2D eigenvalue weighted by Gasteiger charge is -2.15. The van der Waals surface area contributed by atoms with Gasteiger partial charge in [0, 0.05) is 34.3 Å². The van der Waals surface area contributed by atoms with Gasteiger partial charge in [0.2, 0.25) is 5.69 Å². The predicted octanol–water partition coefficient (Wildman–Crippen LogP) is 6.27. The van der Waals surface area contributed by atoms with Crippen LogP contribution < -0.4 is 21.5 Å². The van der Waals surface area contributed by atoms with E-state index in [-0.39, 0.29) is 18.9 Å². The summed E-state index contributed by atoms with van der Waals surface area (Å²) in [6.07, 6.45) is 1.11. The number of hydrogen-bond donors (Lipinski definition) is 3. The lowest BCUT2D eigenvalue weighted by molar-refractivity contribution is -0.146. The molecule has 0 radical (unpaired) electrons. The van der Waals surface area contributed by atoms with Crippen molar-refractivity contribution in [3.8, 4) is 33.5 Å². The van der Waals surface area contributed by atoms with E-state index in [1.807, 2.05) is 29.6 Å². The molecule has 2 aromatic heterocycles. The molecule has 2 heterocycles. The first-order valence-electron chi connectivity index (χ1n) is 13.6. The smallest absolute Gasteiger partial charge is 0.323 e. The van der Waals surface area contributed by atoms with Crippen LogP contribution in [0.1, 0.15) is 24.1 Å². The van der Waals surface area contributed by atoms with Gasteiger partial charge >= 0.3 is 5.97 Å². The van der Waals surface area contributed by atoms with Gasteiger partial charge in [0.25, 0.3) is 0 Å². The summed E-state index contributed by atoms with van der Waals surface area (Å²) in [7, 11) is 1.69. The number of rotatable bonds is 14. The van der Waals surface area contributed by atoms with Gasteiger partial charge in [-0.2, -0.15) is 5.26 Å². The number of carbonyl (C=O) groups is 1. The van der Waals surface area contributed by atoms with Crippen LogP contribution in [0.5, 0.6) is 5.75 Å². The Bertz CT molecular complexity index is 1670. The number of anilines is 1. The van der Waals surface area contributed by atoms with Gasteiger partial charge in [0.1, 0.15) is 46.9 Å². The molecule has 1 atom stereocenters. The van der Waals surface area contributed by atoms with E-state index in [1.165, 1.54) is 23.1 Å². The first-order chi connectivity index (χ1) is 21.4. The third-order valence-electron chi connectivity index (χ3n) is 6.36. The van der Waals surface area contributed by atoms with Crippen molar-refractivity contribution in [1.82, 2.24) is 9.97 Å². The molecule has 0 aliphatic heterocycles. The lowest BCUT2D eigenvalue weighted by Crippen LogP contribution is -2.33. The SMILES string of the molecule is [C-]#[N+]c1c(NC)nc(SCc2csc(-c3ccc(Cl)cc3)n2)c(C#N)c1-c1ccc(OCCOC(=O)[C@@H](N)CCCN)cc1. The summed E-state index contributed by atoms with van der Waals surface area (Å²) in [6.45, 7) is 8.49. The monoisotopic (exact) mass is 647 g/mol. The van der Waals surface area contributed by atoms with Gasteiger partial charge in [-0.05, 0) is 49.2 Å². The van der Waals surface area contributed by atoms with Gasteiger partial charge in [-0.3, -0.25) is 4.79 Å². The molecule has 0 bridgehead atoms. The van der Waals surface area contributed by atoms with Crippen LogP contribution in [0.2, 0.25) is 5.02 Å². The minimum Gasteiger partial charge on any atom is -0.490 e. The Morgan fingerprint density at radius 1 is 1.18 bits per heavy atom. The molecule has 0 saturated heterocycles. The highest BCUT2D eigenvalue weighted by molar-refractivity contribution is 7.98. The van der Waals surface area contributed by atoms with Crippen molar-refractivity contribution in [3.05, 3.63) is 81.6 Å². The Labute approximate surface area is 269 Å². The van der Waals surface area contributed by atoms with Crippen LogP contribution in [0, 0.1) is 17.9 Å². The molecular formula is C31H30ClN7O3S2. The van der Waals surface area contributed by atoms with E-state index in [1.54, 1.807) is 31.3 Å². The molecule has 0 aliphatic rings. The minimum absolute atomic E-state index is 0.0496. The van der Waals surface area contributed by atoms with Crippen LogP contribution in [-0.2, 0) is 15.3 Å². The van der Waals surface area contributed by atoms with Crippen LogP contribution in [-0.4, -0.2) is 48.8 Å². The number of thioether (sulfide) groups is 1. The molecule has 0 unspecified atom stereocenters. The predicted molar refractivity (Wildman–Crippen MR) is 175 cm³/mol. The molecule has 0 spiro atoms. The van der Waals surface area contributed by atoms with Crippen LogP contribution >= 0.6 is 34.7 Å². The number of thiazole rings is 1. The number of ether oxygens (including phenoxy) is 2. The summed E-state index contributed by atoms with van der Waals surface area (Å²) in [4.78, 5) is 25.0. The second-order valence-electron chi connectivity index (χ2n) is 9.36. The number of hydrogen-bond acceptors (Lipinski definition) is 11. The second kappa shape index (κ2) is 16.1. The molecule has 226 valence electrons. The van der Waals surface area contributed by atoms with E-state index >= 15 is 0 Å². The van der Waals surface area contributed by atoms with Crippen LogP contribution in [0.15, 0.2) is 58.9 Å². The van der Waals surface area contributed by atoms with Crippen molar-refractivity contribution in [2.45, 2.75) is 29.7 Å². The third kappa shape index (κ3) is 8.26. The Kier molecular flexibility index (Phi) is 11.9. The maximum Gasteiger partial charge on any atom is 0.323 e. The van der Waals surface area contributed by atoms with Crippen molar-refractivity contribution >= 4 is 52.2 Å². The van der Waals surface area contributed by atoms with Crippen molar-refractivity contribution in [2.75, 3.05) is 32.1 Å². The number of nitriles is 1. The third-order valence-corrected chi connectivity index (χ3v) is 8.56. The van der Waals surface area contributed by atoms with E-state index in [0.717, 1.165) is 16.3 Å². The zero-order valence-electron chi connectivity index (χ0n) is 23.9. The van der Waals surface area contributed by atoms with E-state index in [4.69, 9.17) is 44.1 Å². The average Bonchev–Trinajstić information content (AvgIpc) is 3.53. The highest BCUT2D eigenvalue weighted by atomic mass is 35.5. The number of nitrogens with two attached hydrogens (primary N) is 2. The molecule has 0 saturated carbocycles. The average molecular weight is 648 g/mol. The Morgan fingerprint density at radius 2 is 1.91 bits per heavy atom. The first-order valence-corrected chi connectivity index (χ1v) is 15.8. The van der Waals surface area contributed by atoms with Crippen molar-refractivity contribution in [1.29, 1.82) is 5.26 Å². The normalized spacial score (nSPS) is 11.3. The zero-order valence-corrected chi connectivity index (χ0v) is 26.3. The van der Waals surface area contributed by atoms with Crippen molar-refractivity contribution < 1.29 is 14.3 Å². The molecule has 5 N–H and O–H groups in total. The van der Waals surface area contributed by atoms with Gasteiger partial charge in [0.05, 0.1) is 17.8 Å². The maximum atomic E-state index is 11.9. The summed E-state index contributed by atoms with van der Waals surface area (Å²) in [5.41, 5.74) is 14.8. The maximum absolute atomic E-state index is 11.9. The summed E-state index contributed by atoms with van der Waals surface area (Å²) in [5.74, 6) is 0.915. The van der Waals surface area contributed by atoms with Crippen LogP contribution in [0.3, 0.4) is 0 Å². The topological polar surface area (TPSA) is 154 Å². The molecule has 4 aromatic rings. The summed E-state index contributed by atoms with van der Waals surface area (Å²) >= 11 is 8.93. The molecule has 10 nitrogen and oxygen atoms in total. The molecule has 2 aromatic carbocycles. The molecule has 4 rings (SSSR count). The van der Waals surface area contributed by atoms with Crippen molar-refractivity contribution in [2.24, 2.45) is 11.5 Å². The van der Waals surface area contributed by atoms with Crippen LogP contribution in [0.4, 0.5) is 11.5 Å².